The van der Waals surface area contributed by atoms with Crippen LogP contribution in [0.25, 0.3) is 0 Å². The summed E-state index contributed by atoms with van der Waals surface area (Å²) in [6.07, 6.45) is -5.59. The Kier molecular flexibility index (Phi) is 5.86. The van der Waals surface area contributed by atoms with Crippen molar-refractivity contribution in [3.63, 3.8) is 0 Å². The molecule has 0 aliphatic heterocycles. The van der Waals surface area contributed by atoms with Crippen LogP contribution in [0.5, 0.6) is 5.75 Å². The summed E-state index contributed by atoms with van der Waals surface area (Å²) in [6, 6.07) is 5.18. The zero-order chi connectivity index (χ0) is 18.4. The monoisotopic (exact) mass is 359 g/mol. The molecule has 3 N–H and O–H groups in total. The quantitative estimate of drug-likeness (QED) is 0.737. The molecule has 7 nitrogen and oxygen atoms in total. The summed E-state index contributed by atoms with van der Waals surface area (Å²) in [5, 5.41) is 18.1. The highest BCUT2D eigenvalue weighted by Crippen LogP contribution is 2.31. The number of amides is 2. The molecule has 136 valence electrons. The molecule has 0 aliphatic rings. The van der Waals surface area contributed by atoms with Crippen LogP contribution in [0, 0.1) is 6.92 Å². The smallest absolute Gasteiger partial charge is 0.416 e. The van der Waals surface area contributed by atoms with Crippen molar-refractivity contribution in [2.75, 3.05) is 18.5 Å². The van der Waals surface area contributed by atoms with Gasteiger partial charge in [0.1, 0.15) is 24.2 Å². The van der Waals surface area contributed by atoms with Crippen molar-refractivity contribution in [1.82, 2.24) is 10.5 Å². The summed E-state index contributed by atoms with van der Waals surface area (Å²) in [5.41, 5.74) is -0.847. The zero-order valence-corrected chi connectivity index (χ0v) is 13.1. The minimum atomic E-state index is -4.48. The predicted octanol–water partition coefficient (Wildman–Crippen LogP) is 2.56. The van der Waals surface area contributed by atoms with Crippen molar-refractivity contribution in [3.05, 3.63) is 41.7 Å². The van der Waals surface area contributed by atoms with Crippen LogP contribution in [0.3, 0.4) is 0 Å². The third-order valence-corrected chi connectivity index (χ3v) is 2.97. The van der Waals surface area contributed by atoms with Gasteiger partial charge in [-0.05, 0) is 25.1 Å². The Bertz CT molecular complexity index is 718. The predicted molar refractivity (Wildman–Crippen MR) is 81.2 cm³/mol. The number of anilines is 1. The molecule has 10 heteroatoms. The molecule has 25 heavy (non-hydrogen) atoms. The van der Waals surface area contributed by atoms with Crippen molar-refractivity contribution in [3.8, 4) is 5.75 Å². The van der Waals surface area contributed by atoms with Gasteiger partial charge in [0.15, 0.2) is 5.82 Å². The van der Waals surface area contributed by atoms with E-state index < -0.39 is 23.9 Å². The number of halogens is 3. The average Bonchev–Trinajstić information content (AvgIpc) is 2.95. The second kappa shape index (κ2) is 7.88. The van der Waals surface area contributed by atoms with Gasteiger partial charge >= 0.3 is 12.2 Å². The third-order valence-electron chi connectivity index (χ3n) is 2.97. The summed E-state index contributed by atoms with van der Waals surface area (Å²) in [5.74, 6) is 0.700. The standard InChI is InChI=1S/C15H16F3N3O4/c1-9-5-13(21-25-9)20-14(23)19-7-11(22)8-24-12-4-2-3-10(6-12)15(16,17)18/h2-6,11,22H,7-8H2,1H3,(H2,19,20,21,23). The largest absolute Gasteiger partial charge is 0.491 e. The van der Waals surface area contributed by atoms with E-state index in [1.807, 2.05) is 0 Å². The van der Waals surface area contributed by atoms with Crippen LogP contribution in [-0.4, -0.2) is 35.5 Å². The van der Waals surface area contributed by atoms with Gasteiger partial charge in [-0.1, -0.05) is 11.2 Å². The molecule has 0 saturated carbocycles. The number of carbonyl (C=O) groups is 1. The summed E-state index contributed by atoms with van der Waals surface area (Å²) < 4.78 is 47.6. The topological polar surface area (TPSA) is 96.6 Å². The van der Waals surface area contributed by atoms with Gasteiger partial charge in [-0.2, -0.15) is 13.2 Å². The van der Waals surface area contributed by atoms with E-state index >= 15 is 0 Å². The summed E-state index contributed by atoms with van der Waals surface area (Å²) in [6.45, 7) is 1.21. The van der Waals surface area contributed by atoms with Gasteiger partial charge < -0.3 is 19.7 Å². The molecule has 1 aromatic carbocycles. The van der Waals surface area contributed by atoms with E-state index in [1.54, 1.807) is 6.92 Å². The van der Waals surface area contributed by atoms with Crippen molar-refractivity contribution < 1.29 is 32.3 Å². The fourth-order valence-corrected chi connectivity index (χ4v) is 1.81. The van der Waals surface area contributed by atoms with Crippen LogP contribution in [-0.2, 0) is 6.18 Å². The first-order valence-electron chi connectivity index (χ1n) is 7.20. The molecule has 0 aliphatic carbocycles. The molecule has 1 heterocycles. The number of aromatic nitrogens is 1. The summed E-state index contributed by atoms with van der Waals surface area (Å²) in [7, 11) is 0. The van der Waals surface area contributed by atoms with Gasteiger partial charge in [-0.15, -0.1) is 0 Å². The minimum absolute atomic E-state index is 0.0311. The van der Waals surface area contributed by atoms with E-state index in [0.717, 1.165) is 12.1 Å². The lowest BCUT2D eigenvalue weighted by molar-refractivity contribution is -0.137. The van der Waals surface area contributed by atoms with Crippen LogP contribution in [0.4, 0.5) is 23.8 Å². The Balaban J connectivity index is 1.75. The number of aliphatic hydroxyl groups excluding tert-OH is 1. The molecule has 0 bridgehead atoms. The molecule has 1 unspecified atom stereocenters. The normalized spacial score (nSPS) is 12.5. The van der Waals surface area contributed by atoms with E-state index in [4.69, 9.17) is 9.26 Å². The number of benzene rings is 1. The molecule has 1 aromatic heterocycles. The number of urea groups is 1. The van der Waals surface area contributed by atoms with Crippen LogP contribution >= 0.6 is 0 Å². The van der Waals surface area contributed by atoms with Gasteiger partial charge in [0.25, 0.3) is 0 Å². The maximum absolute atomic E-state index is 12.6. The molecule has 2 amide bonds. The molecule has 2 aromatic rings. The maximum Gasteiger partial charge on any atom is 0.416 e. The Labute approximate surface area is 140 Å². The van der Waals surface area contributed by atoms with Crippen LogP contribution < -0.4 is 15.4 Å². The van der Waals surface area contributed by atoms with Crippen molar-refractivity contribution >= 4 is 11.8 Å². The number of rotatable bonds is 6. The van der Waals surface area contributed by atoms with Crippen molar-refractivity contribution in [2.24, 2.45) is 0 Å². The molecule has 2 rings (SSSR count). The summed E-state index contributed by atoms with van der Waals surface area (Å²) in [4.78, 5) is 11.6. The van der Waals surface area contributed by atoms with E-state index in [9.17, 15) is 23.1 Å². The third kappa shape index (κ3) is 5.99. The SMILES string of the molecule is Cc1cc(NC(=O)NCC(O)COc2cccc(C(F)(F)F)c2)no1. The first-order valence-corrected chi connectivity index (χ1v) is 7.20. The lowest BCUT2D eigenvalue weighted by Crippen LogP contribution is -2.37. The number of alkyl halides is 3. The minimum Gasteiger partial charge on any atom is -0.491 e. The number of aryl methyl sites for hydroxylation is 1. The second-order valence-electron chi connectivity index (χ2n) is 5.15. The number of nitrogens with zero attached hydrogens (tertiary/aromatic N) is 1. The number of nitrogens with one attached hydrogen (secondary N) is 2. The molecule has 0 fully saturated rings. The lowest BCUT2D eigenvalue weighted by atomic mass is 10.2. The fraction of sp³-hybridized carbons (Fsp3) is 0.333. The van der Waals surface area contributed by atoms with Crippen LogP contribution in [0.1, 0.15) is 11.3 Å². The van der Waals surface area contributed by atoms with E-state index in [-0.39, 0.29) is 24.7 Å². The van der Waals surface area contributed by atoms with Crippen LogP contribution in [0.2, 0.25) is 0 Å². The summed E-state index contributed by atoms with van der Waals surface area (Å²) >= 11 is 0. The number of hydrogen-bond acceptors (Lipinski definition) is 5. The van der Waals surface area contributed by atoms with E-state index in [2.05, 4.69) is 15.8 Å². The fourth-order valence-electron chi connectivity index (χ4n) is 1.81. The molecular formula is C15H16F3N3O4. The number of hydrogen-bond donors (Lipinski definition) is 3. The molecular weight excluding hydrogens is 343 g/mol. The van der Waals surface area contributed by atoms with Crippen molar-refractivity contribution in [2.45, 2.75) is 19.2 Å². The van der Waals surface area contributed by atoms with E-state index in [0.29, 0.717) is 5.76 Å². The van der Waals surface area contributed by atoms with Gasteiger partial charge in [0, 0.05) is 12.6 Å². The Hall–Kier alpha value is -2.75. The van der Waals surface area contributed by atoms with Gasteiger partial charge in [-0.25, -0.2) is 4.79 Å². The highest BCUT2D eigenvalue weighted by atomic mass is 19.4. The van der Waals surface area contributed by atoms with Gasteiger partial charge in [0.2, 0.25) is 0 Å². The molecule has 0 saturated heterocycles. The Morgan fingerprint density at radius 3 is 2.80 bits per heavy atom. The molecule has 0 radical (unpaired) electrons. The first-order chi connectivity index (χ1) is 11.7. The second-order valence-corrected chi connectivity index (χ2v) is 5.15. The highest BCUT2D eigenvalue weighted by Gasteiger charge is 2.30. The molecule has 1 atom stereocenters. The number of ether oxygens (including phenoxy) is 1. The Morgan fingerprint density at radius 2 is 2.16 bits per heavy atom. The number of aliphatic hydroxyl groups is 1. The van der Waals surface area contributed by atoms with Gasteiger partial charge in [-0.3, -0.25) is 5.32 Å². The van der Waals surface area contributed by atoms with Gasteiger partial charge in [0.05, 0.1) is 5.56 Å². The zero-order valence-electron chi connectivity index (χ0n) is 13.1. The molecule has 0 spiro atoms. The number of carbonyl (C=O) groups excluding carboxylic acids is 1. The van der Waals surface area contributed by atoms with E-state index in [1.165, 1.54) is 18.2 Å². The first kappa shape index (κ1) is 18.6. The van der Waals surface area contributed by atoms with Crippen molar-refractivity contribution in [1.29, 1.82) is 0 Å². The Morgan fingerprint density at radius 1 is 1.40 bits per heavy atom. The maximum atomic E-state index is 12.6. The van der Waals surface area contributed by atoms with Crippen LogP contribution in [0.15, 0.2) is 34.9 Å². The lowest BCUT2D eigenvalue weighted by Gasteiger charge is -2.14. The average molecular weight is 359 g/mol. The highest BCUT2D eigenvalue weighted by molar-refractivity contribution is 5.88.